The first-order valence-corrected chi connectivity index (χ1v) is 8.36. The number of aromatic nitrogens is 5. The van der Waals surface area contributed by atoms with Crippen molar-refractivity contribution in [3.05, 3.63) is 42.4 Å². The fourth-order valence-electron chi connectivity index (χ4n) is 2.71. The average molecular weight is 363 g/mol. The van der Waals surface area contributed by atoms with Gasteiger partial charge >= 0.3 is 6.01 Å². The minimum absolute atomic E-state index is 0.159. The number of benzene rings is 1. The molecular weight excluding hydrogens is 346 g/mol. The van der Waals surface area contributed by atoms with Gasteiger partial charge in [0.2, 0.25) is 5.89 Å². The van der Waals surface area contributed by atoms with Gasteiger partial charge in [-0.3, -0.25) is 4.79 Å². The van der Waals surface area contributed by atoms with Crippen molar-refractivity contribution < 1.29 is 9.21 Å². The third-order valence-electron chi connectivity index (χ3n) is 3.91. The Labute approximate surface area is 154 Å². The van der Waals surface area contributed by atoms with Crippen LogP contribution in [0.5, 0.6) is 0 Å². The van der Waals surface area contributed by atoms with Crippen LogP contribution >= 0.6 is 0 Å². The molecule has 136 valence electrons. The molecule has 0 aliphatic carbocycles. The maximum Gasteiger partial charge on any atom is 0.315 e. The van der Waals surface area contributed by atoms with E-state index in [1.54, 1.807) is 6.20 Å². The van der Waals surface area contributed by atoms with Gasteiger partial charge in [-0.15, -0.1) is 5.10 Å². The van der Waals surface area contributed by atoms with E-state index in [1.165, 1.54) is 12.3 Å². The molecule has 0 atom stereocenters. The number of rotatable bonds is 5. The quantitative estimate of drug-likeness (QED) is 0.496. The molecule has 0 unspecified atom stereocenters. The molecule has 4 rings (SSSR count). The first kappa shape index (κ1) is 16.7. The first-order valence-electron chi connectivity index (χ1n) is 8.36. The lowest BCUT2D eigenvalue weighted by atomic mass is 10.1. The van der Waals surface area contributed by atoms with Gasteiger partial charge in [0.1, 0.15) is 5.69 Å². The van der Waals surface area contributed by atoms with E-state index in [2.05, 4.69) is 30.5 Å². The Balaban J connectivity index is 1.76. The highest BCUT2D eigenvalue weighted by molar-refractivity contribution is 5.97. The largest absolute Gasteiger partial charge is 0.403 e. The number of amides is 1. The fourth-order valence-corrected chi connectivity index (χ4v) is 2.71. The number of aromatic amines is 1. The number of primary amides is 1. The maximum absolute atomic E-state index is 11.4. The zero-order valence-electron chi connectivity index (χ0n) is 14.7. The number of hydrogen-bond acceptors (Lipinski definition) is 7. The van der Waals surface area contributed by atoms with Crippen LogP contribution in [-0.4, -0.2) is 37.1 Å². The molecule has 0 saturated carbocycles. The summed E-state index contributed by atoms with van der Waals surface area (Å²) in [5.41, 5.74) is 7.87. The van der Waals surface area contributed by atoms with Gasteiger partial charge in [0.25, 0.3) is 5.91 Å². The van der Waals surface area contributed by atoms with Crippen molar-refractivity contribution >= 4 is 22.8 Å². The molecule has 3 heterocycles. The van der Waals surface area contributed by atoms with Gasteiger partial charge in [0.05, 0.1) is 0 Å². The van der Waals surface area contributed by atoms with Crippen molar-refractivity contribution in [1.82, 2.24) is 25.1 Å². The monoisotopic (exact) mass is 363 g/mol. The van der Waals surface area contributed by atoms with E-state index in [-0.39, 0.29) is 11.7 Å². The Morgan fingerprint density at radius 2 is 2.11 bits per heavy atom. The van der Waals surface area contributed by atoms with Crippen LogP contribution in [0.1, 0.15) is 24.3 Å². The Morgan fingerprint density at radius 1 is 1.26 bits per heavy atom. The summed E-state index contributed by atoms with van der Waals surface area (Å²) in [6.45, 7) is 3.98. The zero-order chi connectivity index (χ0) is 19.0. The first-order chi connectivity index (χ1) is 13.0. The molecule has 4 aromatic rings. The second-order valence-electron chi connectivity index (χ2n) is 6.30. The predicted molar refractivity (Wildman–Crippen MR) is 99.9 cm³/mol. The molecular formula is C18H17N7O2. The van der Waals surface area contributed by atoms with Crippen LogP contribution in [0.3, 0.4) is 0 Å². The lowest BCUT2D eigenvalue weighted by molar-refractivity contribution is 0.0995. The van der Waals surface area contributed by atoms with Crippen LogP contribution in [0.4, 0.5) is 6.01 Å². The number of anilines is 1. The highest BCUT2D eigenvalue weighted by Gasteiger charge is 2.14. The number of nitrogens with zero attached hydrogens (tertiary/aromatic N) is 4. The third-order valence-corrected chi connectivity index (χ3v) is 3.91. The maximum atomic E-state index is 11.4. The van der Waals surface area contributed by atoms with Gasteiger partial charge in [0.15, 0.2) is 5.82 Å². The Hall–Kier alpha value is -3.75. The Kier molecular flexibility index (Phi) is 4.03. The molecule has 27 heavy (non-hydrogen) atoms. The van der Waals surface area contributed by atoms with E-state index < -0.39 is 5.91 Å². The van der Waals surface area contributed by atoms with Gasteiger partial charge < -0.3 is 20.5 Å². The standard InChI is InChI=1S/C18H17N7O2/c1-9(2)22-18-25-24-17(27-18)10-3-4-13-11(7-10)12(8-21-13)16-20-6-5-14(23-16)15(19)26/h3-9,21H,1-2H3,(H2,19,26)(H,22,25). The van der Waals surface area contributed by atoms with Crippen molar-refractivity contribution in [1.29, 1.82) is 0 Å². The highest BCUT2D eigenvalue weighted by Crippen LogP contribution is 2.30. The molecule has 9 nitrogen and oxygen atoms in total. The van der Waals surface area contributed by atoms with Crippen molar-refractivity contribution in [3.63, 3.8) is 0 Å². The molecule has 0 bridgehead atoms. The smallest absolute Gasteiger partial charge is 0.315 e. The molecule has 0 aliphatic rings. The number of carbonyl (C=O) groups excluding carboxylic acids is 1. The number of fused-ring (bicyclic) bond motifs is 1. The Morgan fingerprint density at radius 3 is 2.89 bits per heavy atom. The van der Waals surface area contributed by atoms with Crippen molar-refractivity contribution in [3.8, 4) is 22.8 Å². The highest BCUT2D eigenvalue weighted by atomic mass is 16.4. The number of nitrogens with two attached hydrogens (primary N) is 1. The minimum Gasteiger partial charge on any atom is -0.403 e. The summed E-state index contributed by atoms with van der Waals surface area (Å²) in [5, 5.41) is 12.0. The summed E-state index contributed by atoms with van der Waals surface area (Å²) in [5.74, 6) is 0.205. The summed E-state index contributed by atoms with van der Waals surface area (Å²) < 4.78 is 5.67. The molecule has 4 N–H and O–H groups in total. The molecule has 0 aliphatic heterocycles. The number of hydrogen-bond donors (Lipinski definition) is 3. The van der Waals surface area contributed by atoms with Gasteiger partial charge in [-0.2, -0.15) is 0 Å². The van der Waals surface area contributed by atoms with Crippen LogP contribution in [0.15, 0.2) is 41.1 Å². The van der Waals surface area contributed by atoms with E-state index in [0.29, 0.717) is 17.7 Å². The summed E-state index contributed by atoms with van der Waals surface area (Å²) >= 11 is 0. The number of nitrogens with one attached hydrogen (secondary N) is 2. The molecule has 0 radical (unpaired) electrons. The second kappa shape index (κ2) is 6.52. The zero-order valence-corrected chi connectivity index (χ0v) is 14.7. The van der Waals surface area contributed by atoms with E-state index >= 15 is 0 Å². The fraction of sp³-hybridized carbons (Fsp3) is 0.167. The van der Waals surface area contributed by atoms with Gasteiger partial charge in [0, 0.05) is 40.5 Å². The van der Waals surface area contributed by atoms with E-state index in [4.69, 9.17) is 10.2 Å². The molecule has 1 aromatic carbocycles. The van der Waals surface area contributed by atoms with E-state index in [1.807, 2.05) is 32.0 Å². The van der Waals surface area contributed by atoms with Gasteiger partial charge in [-0.1, -0.05) is 5.10 Å². The van der Waals surface area contributed by atoms with Gasteiger partial charge in [-0.25, -0.2) is 9.97 Å². The van der Waals surface area contributed by atoms with Crippen LogP contribution in [0.25, 0.3) is 33.7 Å². The normalized spacial score (nSPS) is 11.2. The van der Waals surface area contributed by atoms with Crippen molar-refractivity contribution in [2.45, 2.75) is 19.9 Å². The molecule has 9 heteroatoms. The summed E-state index contributed by atoms with van der Waals surface area (Å²) in [4.78, 5) is 23.1. The molecule has 0 saturated heterocycles. The summed E-state index contributed by atoms with van der Waals surface area (Å²) in [6.07, 6.45) is 3.29. The van der Waals surface area contributed by atoms with E-state index in [0.717, 1.165) is 22.0 Å². The van der Waals surface area contributed by atoms with Crippen molar-refractivity contribution in [2.75, 3.05) is 5.32 Å². The third kappa shape index (κ3) is 3.22. The van der Waals surface area contributed by atoms with Crippen LogP contribution in [0, 0.1) is 0 Å². The average Bonchev–Trinajstić information content (AvgIpc) is 3.27. The van der Waals surface area contributed by atoms with Crippen LogP contribution in [0.2, 0.25) is 0 Å². The lowest BCUT2D eigenvalue weighted by Crippen LogP contribution is -2.13. The lowest BCUT2D eigenvalue weighted by Gasteiger charge is -2.03. The van der Waals surface area contributed by atoms with Crippen LogP contribution in [-0.2, 0) is 0 Å². The van der Waals surface area contributed by atoms with Gasteiger partial charge in [-0.05, 0) is 38.1 Å². The molecule has 0 fully saturated rings. The molecule has 0 spiro atoms. The SMILES string of the molecule is CC(C)Nc1nnc(-c2ccc3[nH]cc(-c4nccc(C(N)=O)n4)c3c2)o1. The van der Waals surface area contributed by atoms with Crippen molar-refractivity contribution in [2.24, 2.45) is 5.73 Å². The number of H-pyrrole nitrogens is 1. The Bertz CT molecular complexity index is 1130. The summed E-state index contributed by atoms with van der Waals surface area (Å²) in [7, 11) is 0. The second-order valence-corrected chi connectivity index (χ2v) is 6.30. The topological polar surface area (TPSA) is 136 Å². The molecule has 3 aromatic heterocycles. The number of carbonyl (C=O) groups is 1. The van der Waals surface area contributed by atoms with E-state index in [9.17, 15) is 4.79 Å². The summed E-state index contributed by atoms with van der Waals surface area (Å²) in [6, 6.07) is 7.74. The predicted octanol–water partition coefficient (Wildman–Crippen LogP) is 2.59. The molecule has 1 amide bonds. The minimum atomic E-state index is -0.602. The van der Waals surface area contributed by atoms with Crippen LogP contribution < -0.4 is 11.1 Å².